The Hall–Kier alpha value is -1.68. The molecular formula is C13H15ClN2O2. The molecule has 0 amide bonds. The van der Waals surface area contributed by atoms with Gasteiger partial charge in [0.2, 0.25) is 0 Å². The van der Waals surface area contributed by atoms with Crippen LogP contribution in [0.3, 0.4) is 0 Å². The molecule has 18 heavy (non-hydrogen) atoms. The van der Waals surface area contributed by atoms with Crippen molar-refractivity contribution in [1.29, 1.82) is 0 Å². The highest BCUT2D eigenvalue weighted by atomic mass is 35.5. The molecule has 0 bridgehead atoms. The molecule has 4 nitrogen and oxygen atoms in total. The van der Waals surface area contributed by atoms with Crippen LogP contribution < -0.4 is 10.1 Å². The molecule has 0 radical (unpaired) electrons. The van der Waals surface area contributed by atoms with Crippen molar-refractivity contribution in [3.05, 3.63) is 28.5 Å². The first-order chi connectivity index (χ1) is 8.58. The van der Waals surface area contributed by atoms with Gasteiger partial charge >= 0.3 is 0 Å². The summed E-state index contributed by atoms with van der Waals surface area (Å²) >= 11 is 6.27. The van der Waals surface area contributed by atoms with E-state index < -0.39 is 0 Å². The maximum atomic E-state index is 6.27. The third kappa shape index (κ3) is 2.04. The van der Waals surface area contributed by atoms with E-state index in [0.717, 1.165) is 27.5 Å². The third-order valence-electron chi connectivity index (χ3n) is 2.84. The van der Waals surface area contributed by atoms with E-state index in [1.165, 1.54) is 0 Å². The van der Waals surface area contributed by atoms with Crippen LogP contribution in [0.4, 0.5) is 6.01 Å². The van der Waals surface area contributed by atoms with Gasteiger partial charge in [-0.3, -0.25) is 0 Å². The van der Waals surface area contributed by atoms with Crippen LogP contribution in [0, 0.1) is 13.8 Å². The van der Waals surface area contributed by atoms with E-state index in [1.807, 2.05) is 19.9 Å². The van der Waals surface area contributed by atoms with Gasteiger partial charge in [-0.05, 0) is 31.0 Å². The largest absolute Gasteiger partial charge is 0.496 e. The summed E-state index contributed by atoms with van der Waals surface area (Å²) in [5.41, 5.74) is 3.48. The first kappa shape index (κ1) is 12.8. The molecule has 0 aliphatic heterocycles. The lowest BCUT2D eigenvalue weighted by Crippen LogP contribution is -1.95. The SMILES string of the molecule is CNc1nc(-c2c(OC)cc(C)c(Cl)c2C)co1. The van der Waals surface area contributed by atoms with Gasteiger partial charge in [0, 0.05) is 12.1 Å². The Kier molecular flexibility index (Phi) is 3.48. The first-order valence-corrected chi connectivity index (χ1v) is 5.93. The van der Waals surface area contributed by atoms with Gasteiger partial charge in [-0.1, -0.05) is 11.6 Å². The fraction of sp³-hybridized carbons (Fsp3) is 0.308. The number of ether oxygens (including phenoxy) is 1. The number of anilines is 1. The number of hydrogen-bond donors (Lipinski definition) is 1. The molecule has 1 heterocycles. The van der Waals surface area contributed by atoms with E-state index in [4.69, 9.17) is 20.8 Å². The highest BCUT2D eigenvalue weighted by Gasteiger charge is 2.17. The fourth-order valence-corrected chi connectivity index (χ4v) is 2.05. The third-order valence-corrected chi connectivity index (χ3v) is 3.42. The number of aromatic nitrogens is 1. The predicted octanol–water partition coefficient (Wildman–Crippen LogP) is 3.66. The summed E-state index contributed by atoms with van der Waals surface area (Å²) in [5.74, 6) is 0.741. The van der Waals surface area contributed by atoms with Crippen molar-refractivity contribution < 1.29 is 9.15 Å². The Balaban J connectivity index is 2.65. The van der Waals surface area contributed by atoms with Gasteiger partial charge < -0.3 is 14.5 Å². The maximum Gasteiger partial charge on any atom is 0.294 e. The zero-order chi connectivity index (χ0) is 13.3. The number of nitrogens with one attached hydrogen (secondary N) is 1. The molecule has 1 aromatic carbocycles. The average Bonchev–Trinajstić information content (AvgIpc) is 2.83. The van der Waals surface area contributed by atoms with Crippen LogP contribution in [-0.2, 0) is 0 Å². The molecule has 0 saturated carbocycles. The van der Waals surface area contributed by atoms with Crippen LogP contribution in [0.25, 0.3) is 11.3 Å². The number of nitrogens with zero attached hydrogens (tertiary/aromatic N) is 1. The summed E-state index contributed by atoms with van der Waals surface area (Å²) in [6.07, 6.45) is 1.59. The maximum absolute atomic E-state index is 6.27. The molecule has 1 N–H and O–H groups in total. The molecule has 1 aromatic heterocycles. The van der Waals surface area contributed by atoms with Crippen LogP contribution in [0.5, 0.6) is 5.75 Å². The average molecular weight is 267 g/mol. The molecular weight excluding hydrogens is 252 g/mol. The number of methoxy groups -OCH3 is 1. The molecule has 96 valence electrons. The summed E-state index contributed by atoms with van der Waals surface area (Å²) in [4.78, 5) is 4.32. The Bertz CT molecular complexity index is 579. The predicted molar refractivity (Wildman–Crippen MR) is 72.5 cm³/mol. The summed E-state index contributed by atoms with van der Waals surface area (Å²) in [5, 5.41) is 3.57. The summed E-state index contributed by atoms with van der Waals surface area (Å²) in [7, 11) is 3.38. The van der Waals surface area contributed by atoms with E-state index in [0.29, 0.717) is 11.7 Å². The van der Waals surface area contributed by atoms with Gasteiger partial charge in [-0.2, -0.15) is 4.98 Å². The van der Waals surface area contributed by atoms with Crippen molar-refractivity contribution in [3.63, 3.8) is 0 Å². The van der Waals surface area contributed by atoms with Crippen molar-refractivity contribution in [1.82, 2.24) is 4.98 Å². The van der Waals surface area contributed by atoms with Crippen molar-refractivity contribution >= 4 is 17.6 Å². The molecule has 0 aliphatic rings. The van der Waals surface area contributed by atoms with Crippen LogP contribution in [0.15, 0.2) is 16.7 Å². The van der Waals surface area contributed by atoms with Crippen molar-refractivity contribution in [2.45, 2.75) is 13.8 Å². The van der Waals surface area contributed by atoms with E-state index in [-0.39, 0.29) is 0 Å². The molecule has 5 heteroatoms. The van der Waals surface area contributed by atoms with Crippen LogP contribution >= 0.6 is 11.6 Å². The van der Waals surface area contributed by atoms with Crippen LogP contribution in [0.1, 0.15) is 11.1 Å². The van der Waals surface area contributed by atoms with Gasteiger partial charge in [-0.15, -0.1) is 0 Å². The minimum absolute atomic E-state index is 0.461. The molecule has 2 aromatic rings. The topological polar surface area (TPSA) is 47.3 Å². The van der Waals surface area contributed by atoms with Gasteiger partial charge in [0.15, 0.2) is 0 Å². The Morgan fingerprint density at radius 3 is 2.67 bits per heavy atom. The number of aryl methyl sites for hydroxylation is 1. The fourth-order valence-electron chi connectivity index (χ4n) is 1.91. The normalized spacial score (nSPS) is 10.5. The Labute approximate surface area is 111 Å². The number of benzene rings is 1. The second-order valence-corrected chi connectivity index (χ2v) is 4.38. The van der Waals surface area contributed by atoms with Gasteiger partial charge in [0.05, 0.1) is 12.7 Å². The highest BCUT2D eigenvalue weighted by molar-refractivity contribution is 6.32. The molecule has 0 unspecified atom stereocenters. The second kappa shape index (κ2) is 4.90. The summed E-state index contributed by atoms with van der Waals surface area (Å²) in [6.45, 7) is 3.89. The monoisotopic (exact) mass is 266 g/mol. The molecule has 0 atom stereocenters. The van der Waals surface area contributed by atoms with Gasteiger partial charge in [-0.25, -0.2) is 0 Å². The lowest BCUT2D eigenvalue weighted by atomic mass is 10.0. The minimum Gasteiger partial charge on any atom is -0.496 e. The quantitative estimate of drug-likeness (QED) is 0.921. The lowest BCUT2D eigenvalue weighted by molar-refractivity contribution is 0.415. The summed E-state index contributed by atoms with van der Waals surface area (Å²) in [6, 6.07) is 2.36. The molecule has 2 rings (SSSR count). The van der Waals surface area contributed by atoms with E-state index in [1.54, 1.807) is 20.4 Å². The van der Waals surface area contributed by atoms with Crippen molar-refractivity contribution in [2.75, 3.05) is 19.5 Å². The molecule has 0 fully saturated rings. The number of hydrogen-bond acceptors (Lipinski definition) is 4. The Morgan fingerprint density at radius 2 is 2.11 bits per heavy atom. The van der Waals surface area contributed by atoms with Gasteiger partial charge in [0.1, 0.15) is 17.7 Å². The smallest absolute Gasteiger partial charge is 0.294 e. The number of oxazole rings is 1. The van der Waals surface area contributed by atoms with Crippen molar-refractivity contribution in [3.8, 4) is 17.0 Å². The number of halogens is 1. The molecule has 0 aliphatic carbocycles. The van der Waals surface area contributed by atoms with Crippen LogP contribution in [-0.4, -0.2) is 19.1 Å². The van der Waals surface area contributed by atoms with E-state index in [9.17, 15) is 0 Å². The standard InChI is InChI=1S/C13H15ClN2O2/c1-7-5-10(17-4)11(8(2)12(7)14)9-6-18-13(15-3)16-9/h5-6H,1-4H3,(H,15,16). The second-order valence-electron chi connectivity index (χ2n) is 4.00. The number of rotatable bonds is 3. The van der Waals surface area contributed by atoms with Crippen LogP contribution in [0.2, 0.25) is 5.02 Å². The van der Waals surface area contributed by atoms with E-state index in [2.05, 4.69) is 10.3 Å². The molecule has 0 saturated heterocycles. The highest BCUT2D eigenvalue weighted by Crippen LogP contribution is 2.38. The zero-order valence-electron chi connectivity index (χ0n) is 10.8. The Morgan fingerprint density at radius 1 is 1.39 bits per heavy atom. The van der Waals surface area contributed by atoms with E-state index >= 15 is 0 Å². The lowest BCUT2D eigenvalue weighted by Gasteiger charge is -2.13. The first-order valence-electron chi connectivity index (χ1n) is 5.55. The van der Waals surface area contributed by atoms with Gasteiger partial charge in [0.25, 0.3) is 6.01 Å². The van der Waals surface area contributed by atoms with Crippen molar-refractivity contribution in [2.24, 2.45) is 0 Å². The summed E-state index contributed by atoms with van der Waals surface area (Å²) < 4.78 is 10.7. The minimum atomic E-state index is 0.461. The molecule has 0 spiro atoms. The zero-order valence-corrected chi connectivity index (χ0v) is 11.6.